The molecule has 1 aromatic carbocycles. The van der Waals surface area contributed by atoms with Gasteiger partial charge in [0, 0.05) is 32.2 Å². The Balaban J connectivity index is 0.00000261. The van der Waals surface area contributed by atoms with Gasteiger partial charge in [-0.3, -0.25) is 4.99 Å². The van der Waals surface area contributed by atoms with Crippen molar-refractivity contribution in [2.45, 2.75) is 32.4 Å². The molecule has 0 aliphatic carbocycles. The zero-order valence-corrected chi connectivity index (χ0v) is 17.7. The van der Waals surface area contributed by atoms with E-state index < -0.39 is 11.6 Å². The Labute approximate surface area is 174 Å². The number of anilines is 1. The quantitative estimate of drug-likeness (QED) is 0.383. The third kappa shape index (κ3) is 5.30. The summed E-state index contributed by atoms with van der Waals surface area (Å²) in [5.74, 6) is 0.266. The lowest BCUT2D eigenvalue weighted by Crippen LogP contribution is -2.44. The van der Waals surface area contributed by atoms with Gasteiger partial charge in [0.25, 0.3) is 0 Å². The van der Waals surface area contributed by atoms with Crippen molar-refractivity contribution in [3.63, 3.8) is 0 Å². The molecule has 0 bridgehead atoms. The van der Waals surface area contributed by atoms with Crippen LogP contribution in [-0.2, 0) is 13.0 Å². The van der Waals surface area contributed by atoms with Gasteiger partial charge in [0.05, 0.1) is 12.2 Å². The zero-order valence-electron chi connectivity index (χ0n) is 15.3. The molecule has 6 nitrogen and oxygen atoms in total. The Hall–Kier alpha value is -1.91. The maximum Gasteiger partial charge on any atom is 0.191 e. The molecule has 1 aromatic heterocycles. The highest BCUT2D eigenvalue weighted by molar-refractivity contribution is 14.0. The molecule has 0 spiro atoms. The van der Waals surface area contributed by atoms with E-state index in [1.54, 1.807) is 11.9 Å². The number of hydrogen-bond acceptors (Lipinski definition) is 4. The number of benzene rings is 1. The van der Waals surface area contributed by atoms with E-state index in [0.29, 0.717) is 25.6 Å². The minimum atomic E-state index is -0.537. The van der Waals surface area contributed by atoms with Crippen LogP contribution in [0.2, 0.25) is 0 Å². The number of aryl methyl sites for hydroxylation is 1. The molecular formula is C18H24F2IN5O. The van der Waals surface area contributed by atoms with Crippen LogP contribution in [0.3, 0.4) is 0 Å². The van der Waals surface area contributed by atoms with Crippen LogP contribution in [-0.4, -0.2) is 37.3 Å². The summed E-state index contributed by atoms with van der Waals surface area (Å²) in [5, 5.41) is 10.4. The number of para-hydroxylation sites is 1. The number of nitrogens with zero attached hydrogens (tertiary/aromatic N) is 3. The van der Waals surface area contributed by atoms with Gasteiger partial charge in [-0.15, -0.1) is 24.0 Å². The van der Waals surface area contributed by atoms with Crippen LogP contribution in [0.1, 0.15) is 24.8 Å². The minimum Gasteiger partial charge on any atom is -0.365 e. The molecule has 1 atom stereocenters. The second-order valence-electron chi connectivity index (χ2n) is 6.21. The van der Waals surface area contributed by atoms with Gasteiger partial charge in [-0.2, -0.15) is 0 Å². The number of nitrogens with one attached hydrogen (secondary N) is 2. The van der Waals surface area contributed by atoms with Crippen molar-refractivity contribution in [2.75, 3.05) is 25.0 Å². The lowest BCUT2D eigenvalue weighted by Gasteiger charge is -2.21. The lowest BCUT2D eigenvalue weighted by atomic mass is 10.2. The first-order valence-corrected chi connectivity index (χ1v) is 8.71. The highest BCUT2D eigenvalue weighted by Crippen LogP contribution is 2.26. The van der Waals surface area contributed by atoms with Crippen LogP contribution in [0.15, 0.2) is 33.8 Å². The number of halogens is 3. The predicted molar refractivity (Wildman–Crippen MR) is 112 cm³/mol. The van der Waals surface area contributed by atoms with E-state index in [2.05, 4.69) is 20.8 Å². The van der Waals surface area contributed by atoms with Gasteiger partial charge in [-0.25, -0.2) is 8.78 Å². The van der Waals surface area contributed by atoms with Gasteiger partial charge in [0.1, 0.15) is 17.3 Å². The Morgan fingerprint density at radius 3 is 2.74 bits per heavy atom. The molecule has 0 saturated carbocycles. The first-order valence-electron chi connectivity index (χ1n) is 8.71. The average Bonchev–Trinajstić information content (AvgIpc) is 3.28. The normalized spacial score (nSPS) is 17.0. The van der Waals surface area contributed by atoms with Gasteiger partial charge in [0.15, 0.2) is 11.7 Å². The highest BCUT2D eigenvalue weighted by atomic mass is 127. The molecule has 2 heterocycles. The van der Waals surface area contributed by atoms with Gasteiger partial charge < -0.3 is 20.1 Å². The van der Waals surface area contributed by atoms with Crippen LogP contribution < -0.4 is 15.5 Å². The summed E-state index contributed by atoms with van der Waals surface area (Å²) in [6.45, 7) is 3.56. The molecule has 2 aromatic rings. The second kappa shape index (κ2) is 9.86. The smallest absolute Gasteiger partial charge is 0.191 e. The average molecular weight is 491 g/mol. The largest absolute Gasteiger partial charge is 0.365 e. The molecule has 1 fully saturated rings. The number of hydrogen-bond donors (Lipinski definition) is 2. The fraction of sp³-hybridized carbons (Fsp3) is 0.444. The van der Waals surface area contributed by atoms with E-state index >= 15 is 0 Å². The van der Waals surface area contributed by atoms with Crippen LogP contribution in [0.4, 0.5) is 14.5 Å². The van der Waals surface area contributed by atoms with E-state index in [1.807, 2.05) is 13.0 Å². The first kappa shape index (κ1) is 21.4. The van der Waals surface area contributed by atoms with Crippen molar-refractivity contribution >= 4 is 35.6 Å². The molecule has 3 rings (SSSR count). The fourth-order valence-corrected chi connectivity index (χ4v) is 3.04. The van der Waals surface area contributed by atoms with Crippen LogP contribution >= 0.6 is 24.0 Å². The molecule has 9 heteroatoms. The van der Waals surface area contributed by atoms with Crippen molar-refractivity contribution in [2.24, 2.45) is 4.99 Å². The maximum atomic E-state index is 13.9. The second-order valence-corrected chi connectivity index (χ2v) is 6.21. The summed E-state index contributed by atoms with van der Waals surface area (Å²) < 4.78 is 33.1. The summed E-state index contributed by atoms with van der Waals surface area (Å²) in [6, 6.07) is 5.88. The van der Waals surface area contributed by atoms with Crippen molar-refractivity contribution in [3.8, 4) is 0 Å². The Bertz CT molecular complexity index is 763. The van der Waals surface area contributed by atoms with E-state index in [4.69, 9.17) is 4.52 Å². The molecule has 0 amide bonds. The summed E-state index contributed by atoms with van der Waals surface area (Å²) >= 11 is 0. The van der Waals surface area contributed by atoms with E-state index in [0.717, 1.165) is 24.3 Å². The van der Waals surface area contributed by atoms with Crippen molar-refractivity contribution < 1.29 is 13.3 Å². The summed E-state index contributed by atoms with van der Waals surface area (Å²) in [4.78, 5) is 5.91. The topological polar surface area (TPSA) is 65.7 Å². The molecule has 1 aliphatic rings. The molecule has 1 saturated heterocycles. The third-order valence-corrected chi connectivity index (χ3v) is 4.41. The summed E-state index contributed by atoms with van der Waals surface area (Å²) in [7, 11) is 1.68. The molecule has 2 N–H and O–H groups in total. The molecule has 1 unspecified atom stereocenters. The fourth-order valence-electron chi connectivity index (χ4n) is 3.04. The minimum absolute atomic E-state index is 0. The SMILES string of the molecule is CCc1cc(CNC(=NC)NC2CCN(c3c(F)cccc3F)C2)on1.I. The van der Waals surface area contributed by atoms with Crippen molar-refractivity contribution in [1.29, 1.82) is 0 Å². The molecule has 27 heavy (non-hydrogen) atoms. The summed E-state index contributed by atoms with van der Waals surface area (Å²) in [5.41, 5.74) is 0.941. The maximum absolute atomic E-state index is 13.9. The Kier molecular flexibility index (Phi) is 7.81. The van der Waals surface area contributed by atoms with Crippen molar-refractivity contribution in [3.05, 3.63) is 47.4 Å². The molecule has 0 radical (unpaired) electrons. The van der Waals surface area contributed by atoms with Gasteiger partial charge >= 0.3 is 0 Å². The van der Waals surface area contributed by atoms with Crippen LogP contribution in [0.25, 0.3) is 0 Å². The Morgan fingerprint density at radius 2 is 2.11 bits per heavy atom. The third-order valence-electron chi connectivity index (χ3n) is 4.41. The van der Waals surface area contributed by atoms with Crippen molar-refractivity contribution in [1.82, 2.24) is 15.8 Å². The van der Waals surface area contributed by atoms with E-state index in [9.17, 15) is 8.78 Å². The van der Waals surface area contributed by atoms with Gasteiger partial charge in [-0.05, 0) is 25.0 Å². The highest BCUT2D eigenvalue weighted by Gasteiger charge is 2.27. The number of guanidine groups is 1. The van der Waals surface area contributed by atoms with E-state index in [-0.39, 0.29) is 35.7 Å². The lowest BCUT2D eigenvalue weighted by molar-refractivity contribution is 0.374. The Morgan fingerprint density at radius 1 is 1.37 bits per heavy atom. The number of rotatable bonds is 5. The van der Waals surface area contributed by atoms with Crippen LogP contribution in [0.5, 0.6) is 0 Å². The van der Waals surface area contributed by atoms with Gasteiger partial charge in [-0.1, -0.05) is 18.1 Å². The first-order chi connectivity index (χ1) is 12.6. The van der Waals surface area contributed by atoms with E-state index in [1.165, 1.54) is 18.2 Å². The van der Waals surface area contributed by atoms with Crippen LogP contribution in [0, 0.1) is 11.6 Å². The standard InChI is InChI=1S/C18H23F2N5O.HI/c1-3-12-9-14(26-24-12)10-22-18(21-2)23-13-7-8-25(11-13)17-15(19)5-4-6-16(17)20;/h4-6,9,13H,3,7-8,10-11H2,1-2H3,(H2,21,22,23);1H. The van der Waals surface area contributed by atoms with Gasteiger partial charge in [0.2, 0.25) is 0 Å². The monoisotopic (exact) mass is 491 g/mol. The predicted octanol–water partition coefficient (Wildman–Crippen LogP) is 3.08. The molecular weight excluding hydrogens is 467 g/mol. The number of aromatic nitrogens is 1. The molecule has 1 aliphatic heterocycles. The summed E-state index contributed by atoms with van der Waals surface area (Å²) in [6.07, 6.45) is 1.58. The zero-order chi connectivity index (χ0) is 18.5. The molecule has 148 valence electrons. The number of aliphatic imine (C=N–C) groups is 1.